The quantitative estimate of drug-likeness (QED) is 0.300. The Morgan fingerprint density at radius 3 is 1.45 bits per heavy atom. The monoisotopic (exact) mass is 163 g/mol. The third-order valence-electron chi connectivity index (χ3n) is 2.00. The van der Waals surface area contributed by atoms with Crippen molar-refractivity contribution in [3.05, 3.63) is 0 Å². The number of aliphatic hydroxyl groups is 4. The van der Waals surface area contributed by atoms with Crippen molar-refractivity contribution in [3.8, 4) is 0 Å². The maximum atomic E-state index is 9.18. The van der Waals surface area contributed by atoms with Gasteiger partial charge in [0.2, 0.25) is 0 Å². The second-order valence-corrected chi connectivity index (χ2v) is 2.73. The van der Waals surface area contributed by atoms with Gasteiger partial charge in [0.15, 0.2) is 0 Å². The largest absolute Gasteiger partial charge is 0.395 e. The Morgan fingerprint density at radius 1 is 0.909 bits per heavy atom. The number of hydrogen-bond acceptors (Lipinski definition) is 5. The van der Waals surface area contributed by atoms with Gasteiger partial charge in [-0.15, -0.1) is 0 Å². The van der Waals surface area contributed by atoms with Crippen LogP contribution in [0.15, 0.2) is 0 Å². The van der Waals surface area contributed by atoms with Gasteiger partial charge in [0, 0.05) is 0 Å². The topological polar surface area (TPSA) is 93.0 Å². The lowest BCUT2D eigenvalue weighted by atomic mass is 10.1. The van der Waals surface area contributed by atoms with Crippen LogP contribution in [0, 0.1) is 0 Å². The van der Waals surface area contributed by atoms with Crippen molar-refractivity contribution in [1.82, 2.24) is 5.32 Å². The number of nitrogens with one attached hydrogen (secondary N) is 1. The van der Waals surface area contributed by atoms with Crippen molar-refractivity contribution >= 4 is 0 Å². The summed E-state index contributed by atoms with van der Waals surface area (Å²) in [5.74, 6) is 0. The highest BCUT2D eigenvalue weighted by molar-refractivity contribution is 4.97. The van der Waals surface area contributed by atoms with E-state index in [0.29, 0.717) is 0 Å². The standard InChI is InChI=1S/C6H13NO4/c8-1-3-5(10)6(11)4(2-9)7-3/h3-11H,1-2H2/t3-,4+,5+,6-. The molecule has 1 aliphatic rings. The first kappa shape index (κ1) is 8.89. The summed E-state index contributed by atoms with van der Waals surface area (Å²) in [5, 5.41) is 38.3. The Hall–Kier alpha value is -0.200. The van der Waals surface area contributed by atoms with Crippen molar-refractivity contribution in [2.75, 3.05) is 13.2 Å². The zero-order valence-electron chi connectivity index (χ0n) is 6.01. The van der Waals surface area contributed by atoms with E-state index in [4.69, 9.17) is 10.2 Å². The second kappa shape index (κ2) is 3.46. The van der Waals surface area contributed by atoms with Gasteiger partial charge in [0.1, 0.15) is 0 Å². The van der Waals surface area contributed by atoms with Crippen molar-refractivity contribution < 1.29 is 20.4 Å². The van der Waals surface area contributed by atoms with Crippen LogP contribution in [0.25, 0.3) is 0 Å². The van der Waals surface area contributed by atoms with E-state index in [1.54, 1.807) is 0 Å². The predicted octanol–water partition coefficient (Wildman–Crippen LogP) is -2.97. The third-order valence-corrected chi connectivity index (χ3v) is 2.00. The molecule has 0 spiro atoms. The summed E-state index contributed by atoms with van der Waals surface area (Å²) in [4.78, 5) is 0. The van der Waals surface area contributed by atoms with E-state index in [0.717, 1.165) is 0 Å². The van der Waals surface area contributed by atoms with Gasteiger partial charge in [-0.2, -0.15) is 0 Å². The third kappa shape index (κ3) is 1.52. The van der Waals surface area contributed by atoms with Crippen LogP contribution in [0.2, 0.25) is 0 Å². The van der Waals surface area contributed by atoms with Crippen LogP contribution in [0.3, 0.4) is 0 Å². The average Bonchev–Trinajstić information content (AvgIpc) is 2.30. The van der Waals surface area contributed by atoms with Gasteiger partial charge >= 0.3 is 0 Å². The summed E-state index contributed by atoms with van der Waals surface area (Å²) in [6, 6.07) is -1.05. The Bertz CT molecular complexity index is 114. The summed E-state index contributed by atoms with van der Waals surface area (Å²) in [6.07, 6.45) is -1.98. The normalized spacial score (nSPS) is 44.7. The summed E-state index contributed by atoms with van der Waals surface area (Å²) < 4.78 is 0. The van der Waals surface area contributed by atoms with Gasteiger partial charge in [-0.05, 0) is 0 Å². The van der Waals surface area contributed by atoms with Crippen molar-refractivity contribution in [2.24, 2.45) is 0 Å². The van der Waals surface area contributed by atoms with E-state index in [1.165, 1.54) is 0 Å². The lowest BCUT2D eigenvalue weighted by Crippen LogP contribution is -2.37. The Balaban J connectivity index is 2.53. The first-order valence-corrected chi connectivity index (χ1v) is 3.54. The molecule has 0 bridgehead atoms. The molecule has 66 valence electrons. The fraction of sp³-hybridized carbons (Fsp3) is 1.00. The number of rotatable bonds is 2. The molecular formula is C6H13NO4. The van der Waals surface area contributed by atoms with Gasteiger partial charge in [-0.3, -0.25) is 0 Å². The molecule has 1 aliphatic heterocycles. The van der Waals surface area contributed by atoms with Gasteiger partial charge in [-0.25, -0.2) is 0 Å². The Kier molecular flexibility index (Phi) is 2.80. The lowest BCUT2D eigenvalue weighted by Gasteiger charge is -2.12. The molecule has 1 heterocycles. The van der Waals surface area contributed by atoms with Crippen molar-refractivity contribution in [3.63, 3.8) is 0 Å². The molecule has 5 N–H and O–H groups in total. The SMILES string of the molecule is OC[C@@H]1N[C@H](CO)[C@H](O)[C@@H]1O. The van der Waals surface area contributed by atoms with E-state index in [1.807, 2.05) is 0 Å². The smallest absolute Gasteiger partial charge is 0.0990 e. The molecule has 0 aromatic carbocycles. The molecule has 0 amide bonds. The highest BCUT2D eigenvalue weighted by Crippen LogP contribution is 2.13. The van der Waals surface area contributed by atoms with Crippen LogP contribution in [0.5, 0.6) is 0 Å². The average molecular weight is 163 g/mol. The zero-order chi connectivity index (χ0) is 8.43. The van der Waals surface area contributed by atoms with Crippen LogP contribution in [-0.2, 0) is 0 Å². The van der Waals surface area contributed by atoms with Crippen molar-refractivity contribution in [2.45, 2.75) is 24.3 Å². The summed E-state index contributed by atoms with van der Waals surface area (Å²) in [7, 11) is 0. The van der Waals surface area contributed by atoms with Gasteiger partial charge in [0.25, 0.3) is 0 Å². The highest BCUT2D eigenvalue weighted by Gasteiger charge is 2.39. The minimum atomic E-state index is -0.989. The molecule has 0 aromatic rings. The summed E-state index contributed by atoms with van der Waals surface area (Å²) in [5.41, 5.74) is 0. The minimum absolute atomic E-state index is 0.241. The van der Waals surface area contributed by atoms with E-state index in [-0.39, 0.29) is 13.2 Å². The van der Waals surface area contributed by atoms with E-state index >= 15 is 0 Å². The van der Waals surface area contributed by atoms with Gasteiger partial charge in [-0.1, -0.05) is 0 Å². The van der Waals surface area contributed by atoms with Crippen LogP contribution < -0.4 is 5.32 Å². The van der Waals surface area contributed by atoms with Crippen LogP contribution in [-0.4, -0.2) is 57.9 Å². The van der Waals surface area contributed by atoms with Crippen LogP contribution in [0.1, 0.15) is 0 Å². The fourth-order valence-corrected chi connectivity index (χ4v) is 1.27. The molecule has 5 nitrogen and oxygen atoms in total. The van der Waals surface area contributed by atoms with Crippen molar-refractivity contribution in [1.29, 1.82) is 0 Å². The molecule has 0 aliphatic carbocycles. The minimum Gasteiger partial charge on any atom is -0.395 e. The van der Waals surface area contributed by atoms with E-state index < -0.39 is 24.3 Å². The number of hydrogen-bond donors (Lipinski definition) is 5. The zero-order valence-corrected chi connectivity index (χ0v) is 6.01. The molecular weight excluding hydrogens is 150 g/mol. The molecule has 1 rings (SSSR count). The summed E-state index contributed by atoms with van der Waals surface area (Å²) in [6.45, 7) is -0.483. The van der Waals surface area contributed by atoms with E-state index in [2.05, 4.69) is 5.32 Å². The molecule has 1 saturated heterocycles. The van der Waals surface area contributed by atoms with Crippen LogP contribution in [0.4, 0.5) is 0 Å². The van der Waals surface area contributed by atoms with Crippen LogP contribution >= 0.6 is 0 Å². The molecule has 0 saturated carbocycles. The first-order valence-electron chi connectivity index (χ1n) is 3.54. The first-order chi connectivity index (χ1) is 5.20. The number of aliphatic hydroxyl groups excluding tert-OH is 4. The molecule has 0 unspecified atom stereocenters. The Labute approximate surface area is 64.3 Å². The highest BCUT2D eigenvalue weighted by atomic mass is 16.3. The predicted molar refractivity (Wildman–Crippen MR) is 36.9 cm³/mol. The van der Waals surface area contributed by atoms with Gasteiger partial charge < -0.3 is 25.7 Å². The molecule has 5 heteroatoms. The maximum absolute atomic E-state index is 9.18. The lowest BCUT2D eigenvalue weighted by molar-refractivity contribution is 0.0130. The molecule has 0 radical (unpaired) electrons. The molecule has 11 heavy (non-hydrogen) atoms. The molecule has 4 atom stereocenters. The second-order valence-electron chi connectivity index (χ2n) is 2.73. The fourth-order valence-electron chi connectivity index (χ4n) is 1.27. The van der Waals surface area contributed by atoms with E-state index in [9.17, 15) is 10.2 Å². The Morgan fingerprint density at radius 2 is 1.27 bits per heavy atom. The maximum Gasteiger partial charge on any atom is 0.0990 e. The molecule has 1 fully saturated rings. The summed E-state index contributed by atoms with van der Waals surface area (Å²) >= 11 is 0. The molecule has 0 aromatic heterocycles. The van der Waals surface area contributed by atoms with Gasteiger partial charge in [0.05, 0.1) is 37.5 Å².